The molecule has 0 bridgehead atoms. The molecule has 1 aromatic heterocycles. The van der Waals surface area contributed by atoms with E-state index in [1.807, 2.05) is 33.8 Å². The van der Waals surface area contributed by atoms with Crippen molar-refractivity contribution < 1.29 is 4.74 Å². The van der Waals surface area contributed by atoms with Crippen molar-refractivity contribution in [2.24, 2.45) is 5.73 Å². The van der Waals surface area contributed by atoms with Gasteiger partial charge in [-0.25, -0.2) is 4.98 Å². The van der Waals surface area contributed by atoms with E-state index in [4.69, 9.17) is 22.7 Å². The van der Waals surface area contributed by atoms with Crippen molar-refractivity contribution in [3.05, 3.63) is 46.3 Å². The number of rotatable bonds is 3. The van der Waals surface area contributed by atoms with Crippen LogP contribution >= 0.6 is 12.2 Å². The number of hydrogen-bond acceptors (Lipinski definition) is 4. The second kappa shape index (κ2) is 5.54. The Hall–Kier alpha value is -2.01. The molecule has 0 unspecified atom stereocenters. The number of nitrogens with zero attached hydrogens (tertiary/aromatic N) is 2. The molecule has 0 atom stereocenters. The molecule has 1 heterocycles. The van der Waals surface area contributed by atoms with Crippen molar-refractivity contribution >= 4 is 17.2 Å². The van der Waals surface area contributed by atoms with Crippen LogP contribution in [-0.2, 0) is 0 Å². The zero-order valence-corrected chi connectivity index (χ0v) is 12.8. The van der Waals surface area contributed by atoms with Crippen LogP contribution in [0.5, 0.6) is 11.8 Å². The van der Waals surface area contributed by atoms with E-state index in [1.54, 1.807) is 6.07 Å². The predicted molar refractivity (Wildman–Crippen MR) is 83.4 cm³/mol. The summed E-state index contributed by atoms with van der Waals surface area (Å²) >= 11 is 4.95. The SMILES string of the molecule is Cc1cc(C(N)=S)nc(Oc2c(C)ccc(C)c2C)n1. The lowest BCUT2D eigenvalue weighted by atomic mass is 10.1. The molecule has 0 amide bonds. The van der Waals surface area contributed by atoms with Crippen LogP contribution in [0.2, 0.25) is 0 Å². The minimum absolute atomic E-state index is 0.234. The molecular weight excluding hydrogens is 270 g/mol. The zero-order chi connectivity index (χ0) is 14.9. The molecule has 0 saturated carbocycles. The van der Waals surface area contributed by atoms with Crippen LogP contribution in [0.4, 0.5) is 0 Å². The van der Waals surface area contributed by atoms with Crippen LogP contribution in [0.1, 0.15) is 28.1 Å². The van der Waals surface area contributed by atoms with Gasteiger partial charge in [0.05, 0.1) is 0 Å². The largest absolute Gasteiger partial charge is 0.424 e. The van der Waals surface area contributed by atoms with E-state index in [2.05, 4.69) is 16.0 Å². The first-order valence-electron chi connectivity index (χ1n) is 6.28. The van der Waals surface area contributed by atoms with Crippen molar-refractivity contribution in [3.63, 3.8) is 0 Å². The van der Waals surface area contributed by atoms with Crippen LogP contribution in [0.25, 0.3) is 0 Å². The Labute approximate surface area is 124 Å². The third kappa shape index (κ3) is 2.93. The van der Waals surface area contributed by atoms with Gasteiger partial charge in [-0.3, -0.25) is 0 Å². The average Bonchev–Trinajstić information content (AvgIpc) is 2.38. The summed E-state index contributed by atoms with van der Waals surface area (Å²) in [6.45, 7) is 7.90. The number of hydrogen-bond donors (Lipinski definition) is 1. The van der Waals surface area contributed by atoms with Crippen molar-refractivity contribution in [2.45, 2.75) is 27.7 Å². The Morgan fingerprint density at radius 3 is 2.40 bits per heavy atom. The van der Waals surface area contributed by atoms with E-state index < -0.39 is 0 Å². The summed E-state index contributed by atoms with van der Waals surface area (Å²) in [6.07, 6.45) is 0. The van der Waals surface area contributed by atoms with Gasteiger partial charge >= 0.3 is 6.01 Å². The van der Waals surface area contributed by atoms with E-state index in [-0.39, 0.29) is 11.0 Å². The van der Waals surface area contributed by atoms with Gasteiger partial charge in [-0.2, -0.15) is 4.98 Å². The summed E-state index contributed by atoms with van der Waals surface area (Å²) in [4.78, 5) is 8.75. The van der Waals surface area contributed by atoms with Crippen molar-refractivity contribution in [1.29, 1.82) is 0 Å². The fraction of sp³-hybridized carbons (Fsp3) is 0.267. The smallest absolute Gasteiger partial charge is 0.322 e. The molecule has 104 valence electrons. The molecule has 2 N–H and O–H groups in total. The van der Waals surface area contributed by atoms with Gasteiger partial charge in [0.1, 0.15) is 16.4 Å². The van der Waals surface area contributed by atoms with E-state index >= 15 is 0 Å². The molecule has 0 aliphatic heterocycles. The van der Waals surface area contributed by atoms with Gasteiger partial charge < -0.3 is 10.5 Å². The fourth-order valence-corrected chi connectivity index (χ4v) is 1.99. The second-order valence-corrected chi connectivity index (χ2v) is 5.24. The number of nitrogens with two attached hydrogens (primary N) is 1. The first-order chi connectivity index (χ1) is 9.38. The number of benzene rings is 1. The predicted octanol–water partition coefficient (Wildman–Crippen LogP) is 3.14. The summed E-state index contributed by atoms with van der Waals surface area (Å²) in [7, 11) is 0. The topological polar surface area (TPSA) is 61.0 Å². The van der Waals surface area contributed by atoms with Crippen molar-refractivity contribution in [1.82, 2.24) is 9.97 Å². The van der Waals surface area contributed by atoms with Crippen LogP contribution in [0.15, 0.2) is 18.2 Å². The molecule has 0 fully saturated rings. The van der Waals surface area contributed by atoms with E-state index in [0.29, 0.717) is 5.69 Å². The van der Waals surface area contributed by atoms with Gasteiger partial charge in [0.25, 0.3) is 0 Å². The maximum Gasteiger partial charge on any atom is 0.322 e. The molecule has 4 nitrogen and oxygen atoms in total. The molecule has 2 rings (SSSR count). The normalized spacial score (nSPS) is 10.4. The highest BCUT2D eigenvalue weighted by atomic mass is 32.1. The standard InChI is InChI=1S/C15H17N3OS/c1-8-5-6-9(2)13(11(8)4)19-15-17-10(3)7-12(18-15)14(16)20/h5-7H,1-4H3,(H2,16,20). The quantitative estimate of drug-likeness (QED) is 0.879. The zero-order valence-electron chi connectivity index (χ0n) is 12.0. The minimum Gasteiger partial charge on any atom is -0.424 e. The highest BCUT2D eigenvalue weighted by Gasteiger charge is 2.11. The van der Waals surface area contributed by atoms with Crippen LogP contribution in [0.3, 0.4) is 0 Å². The van der Waals surface area contributed by atoms with E-state index in [0.717, 1.165) is 28.1 Å². The van der Waals surface area contributed by atoms with Gasteiger partial charge in [0, 0.05) is 5.69 Å². The Morgan fingerprint density at radius 1 is 1.10 bits per heavy atom. The Balaban J connectivity index is 2.45. The fourth-order valence-electron chi connectivity index (χ4n) is 1.89. The maximum absolute atomic E-state index is 5.86. The molecule has 0 aliphatic rings. The minimum atomic E-state index is 0.234. The first-order valence-corrected chi connectivity index (χ1v) is 6.69. The third-order valence-electron chi connectivity index (χ3n) is 3.15. The lowest BCUT2D eigenvalue weighted by Crippen LogP contribution is -2.13. The molecule has 0 aliphatic carbocycles. The highest BCUT2D eigenvalue weighted by molar-refractivity contribution is 7.80. The van der Waals surface area contributed by atoms with Crippen LogP contribution in [-0.4, -0.2) is 15.0 Å². The first kappa shape index (κ1) is 14.4. The van der Waals surface area contributed by atoms with Crippen LogP contribution < -0.4 is 10.5 Å². The van der Waals surface area contributed by atoms with Crippen molar-refractivity contribution in [3.8, 4) is 11.8 Å². The summed E-state index contributed by atoms with van der Waals surface area (Å²) in [5.41, 5.74) is 10.2. The van der Waals surface area contributed by atoms with Crippen LogP contribution in [0, 0.1) is 27.7 Å². The Bertz CT molecular complexity index is 683. The molecular formula is C15H17N3OS. The lowest BCUT2D eigenvalue weighted by Gasteiger charge is -2.13. The molecule has 5 heteroatoms. The molecule has 0 radical (unpaired) electrons. The number of aromatic nitrogens is 2. The maximum atomic E-state index is 5.86. The Kier molecular flexibility index (Phi) is 3.99. The number of aryl methyl sites for hydroxylation is 3. The lowest BCUT2D eigenvalue weighted by molar-refractivity contribution is 0.433. The van der Waals surface area contributed by atoms with E-state index in [1.165, 1.54) is 0 Å². The highest BCUT2D eigenvalue weighted by Crippen LogP contribution is 2.29. The van der Waals surface area contributed by atoms with Gasteiger partial charge in [0.15, 0.2) is 0 Å². The molecule has 0 spiro atoms. The number of thiocarbonyl (C=S) groups is 1. The van der Waals surface area contributed by atoms with Gasteiger partial charge in [0.2, 0.25) is 0 Å². The van der Waals surface area contributed by atoms with Gasteiger partial charge in [-0.1, -0.05) is 24.4 Å². The molecule has 1 aromatic carbocycles. The number of ether oxygens (including phenoxy) is 1. The average molecular weight is 287 g/mol. The summed E-state index contributed by atoms with van der Waals surface area (Å²) in [5.74, 6) is 0.782. The van der Waals surface area contributed by atoms with Crippen molar-refractivity contribution in [2.75, 3.05) is 0 Å². The molecule has 0 saturated heterocycles. The summed E-state index contributed by atoms with van der Waals surface area (Å²) in [5, 5.41) is 0. The second-order valence-electron chi connectivity index (χ2n) is 4.80. The summed E-state index contributed by atoms with van der Waals surface area (Å²) < 4.78 is 5.86. The Morgan fingerprint density at radius 2 is 1.75 bits per heavy atom. The molecule has 2 aromatic rings. The summed E-state index contributed by atoms with van der Waals surface area (Å²) in [6, 6.07) is 6.09. The van der Waals surface area contributed by atoms with Gasteiger partial charge in [-0.15, -0.1) is 0 Å². The third-order valence-corrected chi connectivity index (χ3v) is 3.36. The van der Waals surface area contributed by atoms with E-state index in [9.17, 15) is 0 Å². The van der Waals surface area contributed by atoms with Gasteiger partial charge in [-0.05, 0) is 50.5 Å². The monoisotopic (exact) mass is 287 g/mol. The molecule has 20 heavy (non-hydrogen) atoms.